The molecule has 1 heterocycles. The van der Waals surface area contributed by atoms with E-state index in [9.17, 15) is 4.39 Å². The molecule has 0 radical (unpaired) electrons. The first kappa shape index (κ1) is 11.0. The van der Waals surface area contributed by atoms with Crippen LogP contribution < -0.4 is 5.73 Å². The maximum atomic E-state index is 13.2. The summed E-state index contributed by atoms with van der Waals surface area (Å²) in [4.78, 5) is 11.2. The van der Waals surface area contributed by atoms with E-state index in [4.69, 9.17) is 28.9 Å². The Bertz CT molecular complexity index is 527. The third-order valence-electron chi connectivity index (χ3n) is 1.82. The second kappa shape index (κ2) is 4.19. The van der Waals surface area contributed by atoms with Crippen molar-refractivity contribution in [2.45, 2.75) is 0 Å². The molecule has 1 aromatic carbocycles. The van der Waals surface area contributed by atoms with Crippen molar-refractivity contribution in [2.24, 2.45) is 0 Å². The molecule has 0 amide bonds. The van der Waals surface area contributed by atoms with E-state index in [1.165, 1.54) is 12.1 Å². The van der Waals surface area contributed by atoms with Crippen molar-refractivity contribution in [3.05, 3.63) is 34.3 Å². The molecule has 4 nitrogen and oxygen atoms in total. The van der Waals surface area contributed by atoms with Crippen LogP contribution in [-0.4, -0.2) is 15.0 Å². The summed E-state index contributed by atoms with van der Waals surface area (Å²) in [6.45, 7) is 0. The predicted molar refractivity (Wildman–Crippen MR) is 59.7 cm³/mol. The summed E-state index contributed by atoms with van der Waals surface area (Å²) >= 11 is 11.4. The number of hydrogen-bond acceptors (Lipinski definition) is 4. The number of hydrogen-bond donors (Lipinski definition) is 1. The van der Waals surface area contributed by atoms with Crippen molar-refractivity contribution in [3.63, 3.8) is 0 Å². The van der Waals surface area contributed by atoms with Crippen molar-refractivity contribution in [3.8, 4) is 11.4 Å². The number of benzene rings is 1. The van der Waals surface area contributed by atoms with Gasteiger partial charge in [0.25, 0.3) is 0 Å². The molecule has 2 N–H and O–H groups in total. The molecule has 0 bridgehead atoms. The molecule has 0 fully saturated rings. The van der Waals surface area contributed by atoms with Gasteiger partial charge in [-0.3, -0.25) is 0 Å². The zero-order chi connectivity index (χ0) is 11.7. The first-order valence-corrected chi connectivity index (χ1v) is 4.95. The maximum Gasteiger partial charge on any atom is 0.227 e. The SMILES string of the molecule is Nc1nc(Cl)nc(-c2cccc(F)c2Cl)n1. The van der Waals surface area contributed by atoms with E-state index in [-0.39, 0.29) is 22.1 Å². The summed E-state index contributed by atoms with van der Waals surface area (Å²) in [5.41, 5.74) is 5.72. The van der Waals surface area contributed by atoms with E-state index in [1.54, 1.807) is 6.07 Å². The quantitative estimate of drug-likeness (QED) is 0.854. The fourth-order valence-corrected chi connectivity index (χ4v) is 1.54. The third-order valence-corrected chi connectivity index (χ3v) is 2.37. The van der Waals surface area contributed by atoms with Crippen LogP contribution in [0.15, 0.2) is 18.2 Å². The van der Waals surface area contributed by atoms with Crippen LogP contribution in [0.1, 0.15) is 0 Å². The zero-order valence-electron chi connectivity index (χ0n) is 7.78. The normalized spacial score (nSPS) is 10.4. The Morgan fingerprint density at radius 2 is 1.88 bits per heavy atom. The molecule has 0 atom stereocenters. The maximum absolute atomic E-state index is 13.2. The third kappa shape index (κ3) is 2.05. The molecule has 82 valence electrons. The van der Waals surface area contributed by atoms with Gasteiger partial charge in [0.2, 0.25) is 11.2 Å². The molecule has 0 aliphatic rings. The molecule has 2 aromatic rings. The van der Waals surface area contributed by atoms with Gasteiger partial charge >= 0.3 is 0 Å². The van der Waals surface area contributed by atoms with Crippen molar-refractivity contribution in [2.75, 3.05) is 5.73 Å². The van der Waals surface area contributed by atoms with Crippen LogP contribution in [0.5, 0.6) is 0 Å². The Kier molecular flexibility index (Phi) is 2.89. The van der Waals surface area contributed by atoms with E-state index in [0.29, 0.717) is 5.56 Å². The van der Waals surface area contributed by atoms with Crippen molar-refractivity contribution >= 4 is 29.2 Å². The predicted octanol–water partition coefficient (Wildman–Crippen LogP) is 2.57. The highest BCUT2D eigenvalue weighted by Crippen LogP contribution is 2.27. The lowest BCUT2D eigenvalue weighted by Gasteiger charge is -2.04. The van der Waals surface area contributed by atoms with Crippen LogP contribution in [0.2, 0.25) is 10.3 Å². The highest BCUT2D eigenvalue weighted by atomic mass is 35.5. The first-order chi connectivity index (χ1) is 7.58. The number of anilines is 1. The Morgan fingerprint density at radius 1 is 1.12 bits per heavy atom. The fourth-order valence-electron chi connectivity index (χ4n) is 1.16. The average Bonchev–Trinajstić information content (AvgIpc) is 2.20. The van der Waals surface area contributed by atoms with E-state index in [2.05, 4.69) is 15.0 Å². The summed E-state index contributed by atoms with van der Waals surface area (Å²) in [5, 5.41) is -0.146. The van der Waals surface area contributed by atoms with Gasteiger partial charge in [0.15, 0.2) is 5.82 Å². The number of nitrogen functional groups attached to an aromatic ring is 1. The van der Waals surface area contributed by atoms with Gasteiger partial charge < -0.3 is 5.73 Å². The molecule has 0 aliphatic heterocycles. The van der Waals surface area contributed by atoms with Crippen LogP contribution >= 0.6 is 23.2 Å². The number of nitrogens with two attached hydrogens (primary N) is 1. The van der Waals surface area contributed by atoms with Crippen LogP contribution in [0.3, 0.4) is 0 Å². The van der Waals surface area contributed by atoms with Crippen molar-refractivity contribution < 1.29 is 4.39 Å². The Balaban J connectivity index is 2.63. The summed E-state index contributed by atoms with van der Waals surface area (Å²) in [5.74, 6) is -0.466. The molecule has 0 spiro atoms. The standard InChI is InChI=1S/C9H5Cl2FN4/c10-6-4(2-1-3-5(6)12)7-14-8(11)16-9(13)15-7/h1-3H,(H2,13,14,15,16). The summed E-state index contributed by atoms with van der Waals surface area (Å²) in [6.07, 6.45) is 0. The van der Waals surface area contributed by atoms with E-state index in [1.807, 2.05) is 0 Å². The second-order valence-corrected chi connectivity index (χ2v) is 3.60. The lowest BCUT2D eigenvalue weighted by atomic mass is 10.2. The largest absolute Gasteiger partial charge is 0.368 e. The molecule has 1 aromatic heterocycles. The molecule has 2 rings (SSSR count). The van der Waals surface area contributed by atoms with Crippen molar-refractivity contribution in [1.82, 2.24) is 15.0 Å². The summed E-state index contributed by atoms with van der Waals surface area (Å²) < 4.78 is 13.2. The molecule has 0 unspecified atom stereocenters. The average molecular weight is 259 g/mol. The zero-order valence-corrected chi connectivity index (χ0v) is 9.30. The van der Waals surface area contributed by atoms with E-state index < -0.39 is 5.82 Å². The second-order valence-electron chi connectivity index (χ2n) is 2.89. The van der Waals surface area contributed by atoms with Crippen LogP contribution in [0.4, 0.5) is 10.3 Å². The molecule has 0 saturated heterocycles. The minimum Gasteiger partial charge on any atom is -0.368 e. The van der Waals surface area contributed by atoms with Gasteiger partial charge in [-0.05, 0) is 23.7 Å². The monoisotopic (exact) mass is 258 g/mol. The van der Waals surface area contributed by atoms with E-state index in [0.717, 1.165) is 0 Å². The van der Waals surface area contributed by atoms with Gasteiger partial charge in [-0.1, -0.05) is 17.7 Å². The smallest absolute Gasteiger partial charge is 0.227 e. The number of aromatic nitrogens is 3. The van der Waals surface area contributed by atoms with Gasteiger partial charge in [-0.2, -0.15) is 15.0 Å². The van der Waals surface area contributed by atoms with Gasteiger partial charge in [0.1, 0.15) is 5.82 Å². The summed E-state index contributed by atoms with van der Waals surface area (Å²) in [7, 11) is 0. The minimum atomic E-state index is -0.561. The number of rotatable bonds is 1. The Labute approximate surface area is 100 Å². The van der Waals surface area contributed by atoms with Gasteiger partial charge in [0.05, 0.1) is 5.02 Å². The Hall–Kier alpha value is -1.46. The van der Waals surface area contributed by atoms with Gasteiger partial charge in [0, 0.05) is 5.56 Å². The molecular formula is C9H5Cl2FN4. The highest BCUT2D eigenvalue weighted by molar-refractivity contribution is 6.33. The molecule has 0 aliphatic carbocycles. The number of halogens is 3. The molecule has 0 saturated carbocycles. The minimum absolute atomic E-state index is 0.0460. The van der Waals surface area contributed by atoms with Gasteiger partial charge in [-0.15, -0.1) is 0 Å². The molecule has 16 heavy (non-hydrogen) atoms. The first-order valence-electron chi connectivity index (χ1n) is 4.19. The highest BCUT2D eigenvalue weighted by Gasteiger charge is 2.12. The Morgan fingerprint density at radius 3 is 2.56 bits per heavy atom. The summed E-state index contributed by atoms with van der Waals surface area (Å²) in [6, 6.07) is 4.29. The molecule has 7 heteroatoms. The number of nitrogens with zero attached hydrogens (tertiary/aromatic N) is 3. The topological polar surface area (TPSA) is 64.7 Å². The fraction of sp³-hybridized carbons (Fsp3) is 0. The van der Waals surface area contributed by atoms with E-state index >= 15 is 0 Å². The van der Waals surface area contributed by atoms with Crippen LogP contribution in [-0.2, 0) is 0 Å². The lowest BCUT2D eigenvalue weighted by Crippen LogP contribution is -2.00. The van der Waals surface area contributed by atoms with Gasteiger partial charge in [-0.25, -0.2) is 4.39 Å². The molecular weight excluding hydrogens is 254 g/mol. The van der Waals surface area contributed by atoms with Crippen LogP contribution in [0, 0.1) is 5.82 Å². The van der Waals surface area contributed by atoms with Crippen LogP contribution in [0.25, 0.3) is 11.4 Å². The lowest BCUT2D eigenvalue weighted by molar-refractivity contribution is 0.628. The van der Waals surface area contributed by atoms with Crippen molar-refractivity contribution in [1.29, 1.82) is 0 Å².